The summed E-state index contributed by atoms with van der Waals surface area (Å²) in [4.78, 5) is 15.7. The fourth-order valence-corrected chi connectivity index (χ4v) is 10.8. The van der Waals surface area contributed by atoms with E-state index in [9.17, 15) is 0 Å². The lowest BCUT2D eigenvalue weighted by molar-refractivity contribution is 0.668. The molecule has 0 radical (unpaired) electrons. The minimum atomic E-state index is -0.662. The zero-order valence-corrected chi connectivity index (χ0v) is 33.7. The summed E-state index contributed by atoms with van der Waals surface area (Å²) in [5, 5.41) is 4.35. The van der Waals surface area contributed by atoms with E-state index >= 15 is 0 Å². The fraction of sp³-hybridized carbons (Fsp3) is 0.0172. The van der Waals surface area contributed by atoms with Gasteiger partial charge in [-0.1, -0.05) is 158 Å². The van der Waals surface area contributed by atoms with Gasteiger partial charge in [-0.15, -0.1) is 0 Å². The molecule has 5 nitrogen and oxygen atoms in total. The van der Waals surface area contributed by atoms with Gasteiger partial charge in [0.1, 0.15) is 22.3 Å². The standard InChI is InChI=1S/C58H33N3O2/c1-2-14-34(15-3-1)55-59-56(61-57(60-55)36-27-30-51-44(33-36)40-19-8-12-24-49(40)62-51)35-26-28-47-43(32-35)38-17-5-4-16-37(38)39-18-6-10-22-45(39)58(47)46-23-11-7-20-41(46)53-48(58)29-31-52-54(53)42-21-9-13-25-50(42)63-52/h1-33H. The van der Waals surface area contributed by atoms with E-state index in [-0.39, 0.29) is 0 Å². The molecule has 2 aliphatic rings. The van der Waals surface area contributed by atoms with Crippen LogP contribution in [0, 0.1) is 0 Å². The summed E-state index contributed by atoms with van der Waals surface area (Å²) in [7, 11) is 0. The maximum absolute atomic E-state index is 6.54. The average molecular weight is 804 g/mol. The van der Waals surface area contributed by atoms with Crippen LogP contribution in [0.1, 0.15) is 22.3 Å². The van der Waals surface area contributed by atoms with Crippen molar-refractivity contribution >= 4 is 43.9 Å². The summed E-state index contributed by atoms with van der Waals surface area (Å²) in [6.07, 6.45) is 0. The van der Waals surface area contributed by atoms with Crippen LogP contribution in [0.15, 0.2) is 209 Å². The van der Waals surface area contributed by atoms with Crippen molar-refractivity contribution in [3.05, 3.63) is 222 Å². The van der Waals surface area contributed by atoms with Crippen molar-refractivity contribution in [2.24, 2.45) is 0 Å². The summed E-state index contributed by atoms with van der Waals surface area (Å²) >= 11 is 0. The maximum Gasteiger partial charge on any atom is 0.164 e. The molecule has 0 bridgehead atoms. The Bertz CT molecular complexity index is 3880. The van der Waals surface area contributed by atoms with E-state index in [1.807, 2.05) is 54.6 Å². The van der Waals surface area contributed by atoms with E-state index in [4.69, 9.17) is 23.8 Å². The van der Waals surface area contributed by atoms with E-state index in [1.54, 1.807) is 0 Å². The van der Waals surface area contributed by atoms with Crippen molar-refractivity contribution in [3.63, 3.8) is 0 Å². The number of aromatic nitrogens is 3. The van der Waals surface area contributed by atoms with Gasteiger partial charge in [0, 0.05) is 38.2 Å². The zero-order valence-electron chi connectivity index (χ0n) is 33.7. The molecule has 0 saturated heterocycles. The molecule has 63 heavy (non-hydrogen) atoms. The zero-order chi connectivity index (χ0) is 41.2. The predicted octanol–water partition coefficient (Wildman–Crippen LogP) is 14.7. The second-order valence-electron chi connectivity index (χ2n) is 16.6. The van der Waals surface area contributed by atoms with Crippen molar-refractivity contribution in [3.8, 4) is 67.5 Å². The van der Waals surface area contributed by atoms with Gasteiger partial charge in [-0.25, -0.2) is 15.0 Å². The molecule has 0 amide bonds. The third kappa shape index (κ3) is 4.73. The van der Waals surface area contributed by atoms with E-state index in [2.05, 4.69) is 146 Å². The molecule has 1 spiro atoms. The van der Waals surface area contributed by atoms with E-state index in [1.165, 1.54) is 44.5 Å². The number of fused-ring (bicyclic) bond motifs is 19. The Kier molecular flexibility index (Phi) is 6.97. The molecule has 9 aromatic carbocycles. The van der Waals surface area contributed by atoms with Gasteiger partial charge in [-0.05, 0) is 98.1 Å². The van der Waals surface area contributed by atoms with Gasteiger partial charge in [-0.2, -0.15) is 0 Å². The first-order valence-electron chi connectivity index (χ1n) is 21.3. The Morgan fingerprint density at radius 3 is 1.57 bits per heavy atom. The molecule has 3 aromatic heterocycles. The number of para-hydroxylation sites is 2. The molecular formula is C58H33N3O2. The van der Waals surface area contributed by atoms with Gasteiger partial charge in [-0.3, -0.25) is 0 Å². The quantitative estimate of drug-likeness (QED) is 0.178. The van der Waals surface area contributed by atoms with Crippen LogP contribution < -0.4 is 0 Å². The van der Waals surface area contributed by atoms with Crippen molar-refractivity contribution in [1.29, 1.82) is 0 Å². The van der Waals surface area contributed by atoms with Gasteiger partial charge < -0.3 is 8.83 Å². The smallest absolute Gasteiger partial charge is 0.164 e. The highest BCUT2D eigenvalue weighted by molar-refractivity contribution is 6.16. The number of hydrogen-bond acceptors (Lipinski definition) is 5. The molecule has 1 unspecified atom stereocenters. The van der Waals surface area contributed by atoms with Crippen LogP contribution in [-0.2, 0) is 5.41 Å². The lowest BCUT2D eigenvalue weighted by Crippen LogP contribution is -2.29. The molecule has 0 aliphatic heterocycles. The third-order valence-corrected chi connectivity index (χ3v) is 13.4. The Balaban J connectivity index is 1.06. The maximum atomic E-state index is 6.54. The second-order valence-corrected chi connectivity index (χ2v) is 16.6. The van der Waals surface area contributed by atoms with Gasteiger partial charge in [0.05, 0.1) is 5.41 Å². The SMILES string of the molecule is c1ccc(-c2nc(-c3ccc4c(c3)-c3ccccc3-c3ccccc3C43c4ccccc4-c4c3ccc3oc5ccccc5c43)nc(-c3ccc4oc5ccccc5c4c3)n2)cc1. The second kappa shape index (κ2) is 12.8. The first-order chi connectivity index (χ1) is 31.2. The molecule has 12 aromatic rings. The Morgan fingerprint density at radius 2 is 0.794 bits per heavy atom. The molecule has 2 aliphatic carbocycles. The fourth-order valence-electron chi connectivity index (χ4n) is 10.8. The molecule has 0 fully saturated rings. The highest BCUT2D eigenvalue weighted by Gasteiger charge is 2.50. The van der Waals surface area contributed by atoms with Crippen LogP contribution in [0.3, 0.4) is 0 Å². The number of rotatable bonds is 3. The molecule has 292 valence electrons. The van der Waals surface area contributed by atoms with Crippen LogP contribution in [0.5, 0.6) is 0 Å². The number of hydrogen-bond donors (Lipinski definition) is 0. The monoisotopic (exact) mass is 803 g/mol. The Labute approximate surface area is 361 Å². The summed E-state index contributed by atoms with van der Waals surface area (Å²) in [6.45, 7) is 0. The third-order valence-electron chi connectivity index (χ3n) is 13.4. The highest BCUT2D eigenvalue weighted by atomic mass is 16.3. The minimum absolute atomic E-state index is 0.597. The largest absolute Gasteiger partial charge is 0.456 e. The Hall–Kier alpha value is -8.41. The molecule has 3 heterocycles. The molecular weight excluding hydrogens is 771 g/mol. The predicted molar refractivity (Wildman–Crippen MR) is 252 cm³/mol. The first-order valence-corrected chi connectivity index (χ1v) is 21.3. The van der Waals surface area contributed by atoms with Crippen LogP contribution in [-0.4, -0.2) is 15.0 Å². The normalized spacial score (nSPS) is 14.7. The van der Waals surface area contributed by atoms with Gasteiger partial charge in [0.2, 0.25) is 0 Å². The molecule has 5 heteroatoms. The van der Waals surface area contributed by atoms with Crippen molar-refractivity contribution in [1.82, 2.24) is 15.0 Å². The summed E-state index contributed by atoms with van der Waals surface area (Å²) in [5.41, 5.74) is 17.6. The number of benzene rings is 9. The van der Waals surface area contributed by atoms with Gasteiger partial charge in [0.25, 0.3) is 0 Å². The van der Waals surface area contributed by atoms with Crippen LogP contribution in [0.25, 0.3) is 111 Å². The van der Waals surface area contributed by atoms with E-state index < -0.39 is 5.41 Å². The van der Waals surface area contributed by atoms with Crippen LogP contribution >= 0.6 is 0 Å². The van der Waals surface area contributed by atoms with E-state index in [0.29, 0.717) is 17.5 Å². The highest BCUT2D eigenvalue weighted by Crippen LogP contribution is 2.63. The molecule has 0 saturated carbocycles. The summed E-state index contributed by atoms with van der Waals surface area (Å²) in [6, 6.07) is 71.1. The molecule has 0 N–H and O–H groups in total. The average Bonchev–Trinajstić information content (AvgIpc) is 4.00. The number of nitrogens with zero attached hydrogens (tertiary/aromatic N) is 3. The minimum Gasteiger partial charge on any atom is -0.456 e. The summed E-state index contributed by atoms with van der Waals surface area (Å²) < 4.78 is 12.7. The lowest BCUT2D eigenvalue weighted by Gasteiger charge is -2.35. The van der Waals surface area contributed by atoms with Crippen LogP contribution in [0.2, 0.25) is 0 Å². The summed E-state index contributed by atoms with van der Waals surface area (Å²) in [5.74, 6) is 1.81. The topological polar surface area (TPSA) is 65.0 Å². The Morgan fingerprint density at radius 1 is 0.302 bits per heavy atom. The van der Waals surface area contributed by atoms with Crippen molar-refractivity contribution in [2.75, 3.05) is 0 Å². The molecule has 1 atom stereocenters. The lowest BCUT2D eigenvalue weighted by atomic mass is 9.65. The molecule has 14 rings (SSSR count). The number of furan rings is 2. The van der Waals surface area contributed by atoms with E-state index in [0.717, 1.165) is 71.7 Å². The first kappa shape index (κ1) is 34.3. The van der Waals surface area contributed by atoms with Gasteiger partial charge in [0.15, 0.2) is 17.5 Å². The van der Waals surface area contributed by atoms with Crippen molar-refractivity contribution in [2.45, 2.75) is 5.41 Å². The van der Waals surface area contributed by atoms with Crippen LogP contribution in [0.4, 0.5) is 0 Å². The van der Waals surface area contributed by atoms with Gasteiger partial charge >= 0.3 is 0 Å². The van der Waals surface area contributed by atoms with Crippen molar-refractivity contribution < 1.29 is 8.83 Å².